The summed E-state index contributed by atoms with van der Waals surface area (Å²) in [6.45, 7) is 2.04. The quantitative estimate of drug-likeness (QED) is 0.385. The molecule has 4 rings (SSSR count). The van der Waals surface area contributed by atoms with Gasteiger partial charge in [0.2, 0.25) is 0 Å². The number of halogens is 1. The summed E-state index contributed by atoms with van der Waals surface area (Å²) in [5.74, 6) is 0.341. The average Bonchev–Trinajstić information content (AvgIpc) is 3.19. The van der Waals surface area contributed by atoms with Gasteiger partial charge in [0.15, 0.2) is 11.0 Å². The van der Waals surface area contributed by atoms with Crippen LogP contribution in [0.4, 0.5) is 4.39 Å². The van der Waals surface area contributed by atoms with Crippen LogP contribution in [0.15, 0.2) is 84.0 Å². The minimum atomic E-state index is -0.334. The third kappa shape index (κ3) is 4.42. The summed E-state index contributed by atoms with van der Waals surface area (Å²) >= 11 is 1.36. The summed E-state index contributed by atoms with van der Waals surface area (Å²) in [6, 6.07) is 26.4. The molecule has 4 aromatic rings. The van der Waals surface area contributed by atoms with Crippen LogP contribution in [0.25, 0.3) is 17.1 Å². The maximum Gasteiger partial charge on any atom is 0.197 e. The molecule has 0 aliphatic carbocycles. The Hall–Kier alpha value is -3.43. The van der Waals surface area contributed by atoms with Crippen molar-refractivity contribution < 1.29 is 4.39 Å². The summed E-state index contributed by atoms with van der Waals surface area (Å²) in [5, 5.41) is 18.8. The standard InChI is InChI=1S/C24H19FN4S/c1-17-7-9-18(10-8-17)15-22(16-26)30-24-28-27-23(19-5-3-2-4-6-19)29(24)21-13-11-20(25)12-14-21/h2-14,22H,15H2,1H3. The van der Waals surface area contributed by atoms with Crippen LogP contribution >= 0.6 is 11.8 Å². The fraction of sp³-hybridized carbons (Fsp3) is 0.125. The topological polar surface area (TPSA) is 54.5 Å². The fourth-order valence-corrected chi connectivity index (χ4v) is 4.09. The van der Waals surface area contributed by atoms with Gasteiger partial charge in [0.25, 0.3) is 0 Å². The smallest absolute Gasteiger partial charge is 0.197 e. The van der Waals surface area contributed by atoms with Crippen LogP contribution in [0.1, 0.15) is 11.1 Å². The van der Waals surface area contributed by atoms with Gasteiger partial charge in [-0.15, -0.1) is 10.2 Å². The molecular weight excluding hydrogens is 395 g/mol. The van der Waals surface area contributed by atoms with E-state index in [-0.39, 0.29) is 11.1 Å². The number of thioether (sulfide) groups is 1. The van der Waals surface area contributed by atoms with E-state index in [4.69, 9.17) is 0 Å². The lowest BCUT2D eigenvalue weighted by molar-refractivity contribution is 0.627. The van der Waals surface area contributed by atoms with Crippen molar-refractivity contribution >= 4 is 11.8 Å². The predicted molar refractivity (Wildman–Crippen MR) is 117 cm³/mol. The number of aryl methyl sites for hydroxylation is 1. The highest BCUT2D eigenvalue weighted by Crippen LogP contribution is 2.31. The Morgan fingerprint density at radius 3 is 2.33 bits per heavy atom. The van der Waals surface area contributed by atoms with Crippen molar-refractivity contribution in [2.24, 2.45) is 0 Å². The van der Waals surface area contributed by atoms with Crippen LogP contribution in [0.2, 0.25) is 0 Å². The molecule has 30 heavy (non-hydrogen) atoms. The van der Waals surface area contributed by atoms with E-state index in [9.17, 15) is 9.65 Å². The van der Waals surface area contributed by atoms with E-state index in [1.807, 2.05) is 66.1 Å². The van der Waals surface area contributed by atoms with Gasteiger partial charge in [0.1, 0.15) is 11.1 Å². The van der Waals surface area contributed by atoms with Gasteiger partial charge in [-0.25, -0.2) is 4.39 Å². The molecule has 0 amide bonds. The van der Waals surface area contributed by atoms with Gasteiger partial charge in [-0.1, -0.05) is 71.9 Å². The number of nitrogens with zero attached hydrogens (tertiary/aromatic N) is 4. The maximum absolute atomic E-state index is 13.5. The fourth-order valence-electron chi connectivity index (χ4n) is 3.12. The molecule has 6 heteroatoms. The summed E-state index contributed by atoms with van der Waals surface area (Å²) in [4.78, 5) is 0. The van der Waals surface area contributed by atoms with E-state index >= 15 is 0 Å². The number of hydrogen-bond acceptors (Lipinski definition) is 4. The summed E-state index contributed by atoms with van der Waals surface area (Å²) in [5.41, 5.74) is 3.92. The monoisotopic (exact) mass is 414 g/mol. The van der Waals surface area contributed by atoms with Crippen LogP contribution in [-0.2, 0) is 6.42 Å². The molecule has 0 aliphatic heterocycles. The van der Waals surface area contributed by atoms with Crippen molar-refractivity contribution in [3.63, 3.8) is 0 Å². The second kappa shape index (κ2) is 8.93. The molecule has 1 aromatic heterocycles. The zero-order valence-corrected chi connectivity index (χ0v) is 17.2. The minimum Gasteiger partial charge on any atom is -0.270 e. The second-order valence-electron chi connectivity index (χ2n) is 6.91. The molecule has 0 saturated carbocycles. The second-order valence-corrected chi connectivity index (χ2v) is 8.08. The molecule has 4 nitrogen and oxygen atoms in total. The zero-order chi connectivity index (χ0) is 20.9. The molecule has 1 unspecified atom stereocenters. The number of hydrogen-bond donors (Lipinski definition) is 0. The van der Waals surface area contributed by atoms with Crippen LogP contribution in [-0.4, -0.2) is 20.0 Å². The maximum atomic E-state index is 13.5. The average molecular weight is 415 g/mol. The zero-order valence-electron chi connectivity index (χ0n) is 16.4. The summed E-state index contributed by atoms with van der Waals surface area (Å²) in [6.07, 6.45) is 0.596. The van der Waals surface area contributed by atoms with Crippen molar-refractivity contribution in [3.8, 4) is 23.1 Å². The molecule has 148 valence electrons. The molecule has 1 atom stereocenters. The minimum absolute atomic E-state index is 0.309. The van der Waals surface area contributed by atoms with Crippen LogP contribution in [0, 0.1) is 24.1 Å². The highest BCUT2D eigenvalue weighted by Gasteiger charge is 2.20. The first kappa shape index (κ1) is 19.9. The Morgan fingerprint density at radius 1 is 0.967 bits per heavy atom. The van der Waals surface area contributed by atoms with Gasteiger partial charge in [-0.3, -0.25) is 4.57 Å². The van der Waals surface area contributed by atoms with Gasteiger partial charge < -0.3 is 0 Å². The van der Waals surface area contributed by atoms with Crippen molar-refractivity contribution in [3.05, 3.63) is 95.8 Å². The Morgan fingerprint density at radius 2 is 1.67 bits per heavy atom. The molecule has 0 bridgehead atoms. The first-order valence-electron chi connectivity index (χ1n) is 9.52. The lowest BCUT2D eigenvalue weighted by atomic mass is 10.1. The van der Waals surface area contributed by atoms with Gasteiger partial charge in [-0.2, -0.15) is 5.26 Å². The number of rotatable bonds is 6. The van der Waals surface area contributed by atoms with Crippen molar-refractivity contribution in [1.82, 2.24) is 14.8 Å². The normalized spacial score (nSPS) is 11.8. The van der Waals surface area contributed by atoms with Gasteiger partial charge >= 0.3 is 0 Å². The Labute approximate surface area is 179 Å². The van der Waals surface area contributed by atoms with Crippen LogP contribution in [0.3, 0.4) is 0 Å². The third-order valence-electron chi connectivity index (χ3n) is 4.68. The van der Waals surface area contributed by atoms with E-state index in [1.165, 1.54) is 29.5 Å². The van der Waals surface area contributed by atoms with E-state index in [2.05, 4.69) is 16.3 Å². The molecule has 0 N–H and O–H groups in total. The molecule has 0 radical (unpaired) electrons. The van der Waals surface area contributed by atoms with Gasteiger partial charge in [-0.05, 0) is 43.2 Å². The summed E-state index contributed by atoms with van der Waals surface area (Å²) < 4.78 is 15.4. The van der Waals surface area contributed by atoms with E-state index in [1.54, 1.807) is 12.1 Å². The SMILES string of the molecule is Cc1ccc(CC(C#N)Sc2nnc(-c3ccccc3)n2-c2ccc(F)cc2)cc1. The summed E-state index contributed by atoms with van der Waals surface area (Å²) in [7, 11) is 0. The molecule has 0 saturated heterocycles. The predicted octanol–water partition coefficient (Wildman–Crippen LogP) is 5.61. The lowest BCUT2D eigenvalue weighted by Crippen LogP contribution is -2.07. The van der Waals surface area contributed by atoms with Gasteiger partial charge in [0.05, 0.1) is 6.07 Å². The van der Waals surface area contributed by atoms with Crippen LogP contribution in [0.5, 0.6) is 0 Å². The highest BCUT2D eigenvalue weighted by molar-refractivity contribution is 8.00. The number of nitriles is 1. The highest BCUT2D eigenvalue weighted by atomic mass is 32.2. The Bertz CT molecular complexity index is 1160. The molecule has 0 aliphatic rings. The molecular formula is C24H19FN4S. The van der Waals surface area contributed by atoms with Crippen molar-refractivity contribution in [2.75, 3.05) is 0 Å². The van der Waals surface area contributed by atoms with Crippen molar-refractivity contribution in [2.45, 2.75) is 23.8 Å². The first-order chi connectivity index (χ1) is 14.6. The Kier molecular flexibility index (Phi) is 5.92. The van der Waals surface area contributed by atoms with Gasteiger partial charge in [0, 0.05) is 11.3 Å². The number of benzene rings is 3. The first-order valence-corrected chi connectivity index (χ1v) is 10.4. The van der Waals surface area contributed by atoms with Crippen LogP contribution < -0.4 is 0 Å². The van der Waals surface area contributed by atoms with E-state index in [0.717, 1.165) is 16.8 Å². The molecule has 0 fully saturated rings. The number of aromatic nitrogens is 3. The molecule has 3 aromatic carbocycles. The lowest BCUT2D eigenvalue weighted by Gasteiger charge is -2.13. The largest absolute Gasteiger partial charge is 0.270 e. The Balaban J connectivity index is 1.70. The third-order valence-corrected chi connectivity index (χ3v) is 5.72. The van der Waals surface area contributed by atoms with Crippen molar-refractivity contribution in [1.29, 1.82) is 5.26 Å². The van der Waals surface area contributed by atoms with E-state index < -0.39 is 0 Å². The molecule has 0 spiro atoms. The molecule has 1 heterocycles. The van der Waals surface area contributed by atoms with E-state index in [0.29, 0.717) is 17.4 Å².